The Labute approximate surface area is 124 Å². The summed E-state index contributed by atoms with van der Waals surface area (Å²) >= 11 is 0. The smallest absolute Gasteiger partial charge is 0.184 e. The first-order chi connectivity index (χ1) is 10.1. The van der Waals surface area contributed by atoms with Gasteiger partial charge in [-0.2, -0.15) is 0 Å². The van der Waals surface area contributed by atoms with Crippen LogP contribution in [-0.4, -0.2) is 21.6 Å². The van der Waals surface area contributed by atoms with Gasteiger partial charge in [-0.3, -0.25) is 0 Å². The fourth-order valence-corrected chi connectivity index (χ4v) is 3.61. The second kappa shape index (κ2) is 5.97. The second-order valence-electron chi connectivity index (χ2n) is 4.89. The van der Waals surface area contributed by atoms with E-state index in [0.717, 1.165) is 11.1 Å². The number of hydrogen-bond acceptors (Lipinski definition) is 4. The van der Waals surface area contributed by atoms with E-state index >= 15 is 0 Å². The van der Waals surface area contributed by atoms with Crippen LogP contribution in [0.15, 0.2) is 59.5 Å². The Morgan fingerprint density at radius 3 is 2.14 bits per heavy atom. The van der Waals surface area contributed by atoms with Crippen LogP contribution in [0.4, 0.5) is 0 Å². The van der Waals surface area contributed by atoms with E-state index in [4.69, 9.17) is 9.47 Å². The highest BCUT2D eigenvalue weighted by Crippen LogP contribution is 2.25. The van der Waals surface area contributed by atoms with Gasteiger partial charge in [-0.1, -0.05) is 42.5 Å². The van der Waals surface area contributed by atoms with Crippen LogP contribution >= 0.6 is 0 Å². The Kier molecular flexibility index (Phi) is 4.05. The summed E-state index contributed by atoms with van der Waals surface area (Å²) in [5.74, 6) is 0.00359. The molecule has 1 saturated heterocycles. The van der Waals surface area contributed by atoms with Crippen molar-refractivity contribution in [3.8, 4) is 0 Å². The topological polar surface area (TPSA) is 52.6 Å². The minimum absolute atomic E-state index is 0.00359. The molecule has 1 aliphatic rings. The van der Waals surface area contributed by atoms with Crippen LogP contribution in [0, 0.1) is 0 Å². The lowest BCUT2D eigenvalue weighted by molar-refractivity contribution is -0.0441. The van der Waals surface area contributed by atoms with Gasteiger partial charge in [0.25, 0.3) is 0 Å². The predicted molar refractivity (Wildman–Crippen MR) is 78.4 cm³/mol. The molecule has 0 atom stereocenters. The first-order valence-electron chi connectivity index (χ1n) is 6.75. The number of sulfone groups is 1. The molecule has 21 heavy (non-hydrogen) atoms. The van der Waals surface area contributed by atoms with E-state index in [1.165, 1.54) is 0 Å². The lowest BCUT2D eigenvalue weighted by atomic mass is 10.2. The summed E-state index contributed by atoms with van der Waals surface area (Å²) < 4.78 is 35.5. The minimum Gasteiger partial charge on any atom is -0.346 e. The summed E-state index contributed by atoms with van der Waals surface area (Å²) in [6, 6.07) is 15.9. The summed E-state index contributed by atoms with van der Waals surface area (Å²) in [5.41, 5.74) is 1.62. The van der Waals surface area contributed by atoms with Crippen molar-refractivity contribution in [2.24, 2.45) is 0 Å². The van der Waals surface area contributed by atoms with Crippen molar-refractivity contribution in [2.45, 2.75) is 16.9 Å². The summed E-state index contributed by atoms with van der Waals surface area (Å²) in [6.07, 6.45) is -0.379. The molecule has 0 bridgehead atoms. The molecule has 5 heteroatoms. The van der Waals surface area contributed by atoms with Crippen molar-refractivity contribution in [1.82, 2.24) is 0 Å². The average molecular weight is 304 g/mol. The van der Waals surface area contributed by atoms with Gasteiger partial charge in [-0.25, -0.2) is 8.42 Å². The van der Waals surface area contributed by atoms with Crippen molar-refractivity contribution < 1.29 is 17.9 Å². The maximum absolute atomic E-state index is 12.4. The minimum atomic E-state index is -3.34. The van der Waals surface area contributed by atoms with E-state index in [1.54, 1.807) is 24.3 Å². The molecule has 110 valence electrons. The molecule has 0 radical (unpaired) electrons. The summed E-state index contributed by atoms with van der Waals surface area (Å²) in [6.45, 7) is 1.14. The van der Waals surface area contributed by atoms with Crippen molar-refractivity contribution in [2.75, 3.05) is 13.2 Å². The molecule has 1 heterocycles. The number of benzene rings is 2. The Morgan fingerprint density at radius 2 is 1.52 bits per heavy atom. The Bertz CT molecular complexity index is 687. The third-order valence-electron chi connectivity index (χ3n) is 3.33. The van der Waals surface area contributed by atoms with Crippen LogP contribution in [0.2, 0.25) is 0 Å². The van der Waals surface area contributed by atoms with Crippen LogP contribution in [-0.2, 0) is 25.1 Å². The van der Waals surface area contributed by atoms with Gasteiger partial charge in [0, 0.05) is 5.56 Å². The molecule has 0 N–H and O–H groups in total. The highest BCUT2D eigenvalue weighted by Gasteiger charge is 2.20. The van der Waals surface area contributed by atoms with Gasteiger partial charge < -0.3 is 9.47 Å². The average Bonchev–Trinajstić information content (AvgIpc) is 3.02. The maximum atomic E-state index is 12.4. The van der Waals surface area contributed by atoms with Crippen LogP contribution in [0.1, 0.15) is 17.4 Å². The van der Waals surface area contributed by atoms with Crippen molar-refractivity contribution >= 4 is 9.84 Å². The van der Waals surface area contributed by atoms with Gasteiger partial charge in [-0.15, -0.1) is 0 Å². The van der Waals surface area contributed by atoms with E-state index in [2.05, 4.69) is 0 Å². The zero-order valence-electron chi connectivity index (χ0n) is 11.4. The van der Waals surface area contributed by atoms with Gasteiger partial charge in [0.1, 0.15) is 0 Å². The van der Waals surface area contributed by atoms with E-state index in [0.29, 0.717) is 18.1 Å². The third kappa shape index (κ3) is 3.32. The molecule has 1 aliphatic heterocycles. The Morgan fingerprint density at radius 1 is 0.905 bits per heavy atom. The van der Waals surface area contributed by atoms with E-state index in [-0.39, 0.29) is 12.0 Å². The van der Waals surface area contributed by atoms with Crippen LogP contribution in [0.25, 0.3) is 0 Å². The number of ether oxygens (including phenoxy) is 2. The van der Waals surface area contributed by atoms with Crippen molar-refractivity contribution in [3.05, 3.63) is 65.7 Å². The van der Waals surface area contributed by atoms with Crippen molar-refractivity contribution in [3.63, 3.8) is 0 Å². The summed E-state index contributed by atoms with van der Waals surface area (Å²) in [5, 5.41) is 0. The van der Waals surface area contributed by atoms with Gasteiger partial charge in [0.15, 0.2) is 16.1 Å². The number of rotatable bonds is 4. The van der Waals surface area contributed by atoms with Crippen molar-refractivity contribution in [1.29, 1.82) is 0 Å². The zero-order chi connectivity index (χ0) is 14.7. The molecular formula is C16H16O4S. The molecule has 2 aromatic rings. The monoisotopic (exact) mass is 304 g/mol. The molecule has 0 spiro atoms. The van der Waals surface area contributed by atoms with Gasteiger partial charge >= 0.3 is 0 Å². The largest absolute Gasteiger partial charge is 0.346 e. The number of hydrogen-bond donors (Lipinski definition) is 0. The lowest BCUT2D eigenvalue weighted by Gasteiger charge is -2.10. The quantitative estimate of drug-likeness (QED) is 0.871. The van der Waals surface area contributed by atoms with Gasteiger partial charge in [0.05, 0.1) is 23.9 Å². The molecule has 0 aliphatic carbocycles. The van der Waals surface area contributed by atoms with Crippen LogP contribution < -0.4 is 0 Å². The highest BCUT2D eigenvalue weighted by atomic mass is 32.2. The molecule has 2 aromatic carbocycles. The molecule has 1 fully saturated rings. The van der Waals surface area contributed by atoms with Gasteiger partial charge in [0.2, 0.25) is 0 Å². The second-order valence-corrected chi connectivity index (χ2v) is 6.88. The summed E-state index contributed by atoms with van der Waals surface area (Å²) in [7, 11) is -3.34. The first-order valence-corrected chi connectivity index (χ1v) is 8.40. The predicted octanol–water partition coefficient (Wildman–Crippen LogP) is 2.71. The van der Waals surface area contributed by atoms with E-state index < -0.39 is 9.84 Å². The standard InChI is InChI=1S/C16H16O4S/c17-21(18,12-13-4-2-1-3-5-13)15-8-6-14(7-9-15)16-19-10-11-20-16/h1-9,16H,10-12H2. The third-order valence-corrected chi connectivity index (χ3v) is 5.04. The highest BCUT2D eigenvalue weighted by molar-refractivity contribution is 7.90. The van der Waals surface area contributed by atoms with Crippen LogP contribution in [0.5, 0.6) is 0 Å². The molecule has 3 rings (SSSR count). The molecule has 4 nitrogen and oxygen atoms in total. The van der Waals surface area contributed by atoms with E-state index in [1.807, 2.05) is 30.3 Å². The first kappa shape index (κ1) is 14.3. The lowest BCUT2D eigenvalue weighted by Crippen LogP contribution is -2.05. The Hall–Kier alpha value is -1.69. The summed E-state index contributed by atoms with van der Waals surface area (Å²) in [4.78, 5) is 0.313. The molecule has 0 unspecified atom stereocenters. The maximum Gasteiger partial charge on any atom is 0.184 e. The molecule has 0 aromatic heterocycles. The zero-order valence-corrected chi connectivity index (χ0v) is 12.3. The normalized spacial score (nSPS) is 16.2. The SMILES string of the molecule is O=S(=O)(Cc1ccccc1)c1ccc(C2OCCO2)cc1. The fraction of sp³-hybridized carbons (Fsp3) is 0.250. The van der Waals surface area contributed by atoms with E-state index in [9.17, 15) is 8.42 Å². The van der Waals surface area contributed by atoms with Crippen LogP contribution in [0.3, 0.4) is 0 Å². The molecule has 0 saturated carbocycles. The Balaban J connectivity index is 1.79. The molecule has 0 amide bonds. The molecular weight excluding hydrogens is 288 g/mol. The van der Waals surface area contributed by atoms with Gasteiger partial charge in [-0.05, 0) is 17.7 Å². The fourth-order valence-electron chi connectivity index (χ4n) is 2.26.